The predicted octanol–water partition coefficient (Wildman–Crippen LogP) is 1.89. The van der Waals surface area contributed by atoms with Gasteiger partial charge in [0.15, 0.2) is 9.84 Å². The summed E-state index contributed by atoms with van der Waals surface area (Å²) in [5.74, 6) is -2.39. The molecule has 0 saturated carbocycles. The zero-order valence-corrected chi connectivity index (χ0v) is 20.0. The maximum atomic E-state index is 13.4. The fraction of sp³-hybridized carbons (Fsp3) is 0.105. The summed E-state index contributed by atoms with van der Waals surface area (Å²) in [7, 11) is -14.3. The van der Waals surface area contributed by atoms with Crippen molar-refractivity contribution in [3.8, 4) is 5.75 Å². The Balaban J connectivity index is 2.42. The lowest BCUT2D eigenvalue weighted by Crippen LogP contribution is -2.18. The molecule has 34 heavy (non-hydrogen) atoms. The van der Waals surface area contributed by atoms with Gasteiger partial charge in [0.25, 0.3) is 20.2 Å². The number of hydrogen-bond acceptors (Lipinski definition) is 8. The first-order valence-corrected chi connectivity index (χ1v) is 14.0. The van der Waals surface area contributed by atoms with Crippen LogP contribution in [0, 0.1) is 0 Å². The first-order chi connectivity index (χ1) is 15.6. The second kappa shape index (κ2) is 8.79. The van der Waals surface area contributed by atoms with Crippen molar-refractivity contribution >= 4 is 58.4 Å². The van der Waals surface area contributed by atoms with Crippen LogP contribution in [0.3, 0.4) is 0 Å². The van der Waals surface area contributed by atoms with Crippen molar-refractivity contribution in [1.82, 2.24) is 0 Å². The molecule has 0 bridgehead atoms. The van der Waals surface area contributed by atoms with Gasteiger partial charge in [-0.1, -0.05) is 6.07 Å². The van der Waals surface area contributed by atoms with Crippen LogP contribution in [-0.2, 0) is 30.1 Å². The third-order valence-corrected chi connectivity index (χ3v) is 9.15. The lowest BCUT2D eigenvalue weighted by molar-refractivity contribution is 0.1000. The van der Waals surface area contributed by atoms with Gasteiger partial charge in [0.1, 0.15) is 11.0 Å². The molecule has 3 rings (SSSR count). The molecule has 3 aromatic rings. The summed E-state index contributed by atoms with van der Waals surface area (Å²) in [4.78, 5) is 9.46. The van der Waals surface area contributed by atoms with Crippen LogP contribution in [0.4, 0.5) is 0 Å². The molecular formula is C19H16ClNO10S3. The fourth-order valence-corrected chi connectivity index (χ4v) is 6.67. The number of fused-ring (bicyclic) bond motifs is 1. The standard InChI is InChI=1S/C19H16ClNO10S3/c20-9-17(32(24,25)12-3-1-2-10(4-12)19(21)23)15-7-13(33(26,27)28)5-11-6-14(34(29,30)31)8-16(22)18(11)15/h1-8,17,22H,9H2,(H2,21,23)(H,26,27,28)(H,29,30,31). The number of primary amides is 1. The van der Waals surface area contributed by atoms with Gasteiger partial charge in [0, 0.05) is 22.9 Å². The zero-order valence-electron chi connectivity index (χ0n) is 16.8. The Morgan fingerprint density at radius 3 is 1.94 bits per heavy atom. The highest BCUT2D eigenvalue weighted by Crippen LogP contribution is 2.41. The number of phenols is 1. The van der Waals surface area contributed by atoms with Gasteiger partial charge in [-0.05, 0) is 47.3 Å². The number of aromatic hydroxyl groups is 1. The third-order valence-electron chi connectivity index (χ3n) is 4.91. The molecule has 1 amide bonds. The van der Waals surface area contributed by atoms with E-state index in [9.17, 15) is 44.3 Å². The highest BCUT2D eigenvalue weighted by atomic mass is 35.5. The predicted molar refractivity (Wildman–Crippen MR) is 121 cm³/mol. The summed E-state index contributed by atoms with van der Waals surface area (Å²) in [6.45, 7) is 0. The normalized spacial score (nSPS) is 13.6. The Bertz CT molecular complexity index is 1640. The van der Waals surface area contributed by atoms with Crippen LogP contribution in [0.5, 0.6) is 5.75 Å². The SMILES string of the molecule is NC(=O)c1cccc(S(=O)(=O)C(CCl)c2cc(S(=O)(=O)O)cc3cc(S(=O)(=O)O)cc(O)c23)c1. The molecule has 5 N–H and O–H groups in total. The smallest absolute Gasteiger partial charge is 0.294 e. The molecule has 0 aliphatic heterocycles. The lowest BCUT2D eigenvalue weighted by Gasteiger charge is -2.20. The minimum atomic E-state index is -4.94. The van der Waals surface area contributed by atoms with E-state index in [0.717, 1.165) is 30.3 Å². The number of carbonyl (C=O) groups is 1. The molecule has 1 atom stereocenters. The molecule has 0 aliphatic rings. The van der Waals surface area contributed by atoms with Gasteiger partial charge in [-0.3, -0.25) is 13.9 Å². The number of rotatable bonds is 7. The number of sulfone groups is 1. The van der Waals surface area contributed by atoms with E-state index < -0.39 is 67.5 Å². The van der Waals surface area contributed by atoms with Crippen LogP contribution in [0.25, 0.3) is 10.8 Å². The van der Waals surface area contributed by atoms with Gasteiger partial charge in [-0.15, -0.1) is 11.6 Å². The zero-order chi connectivity index (χ0) is 25.6. The number of amides is 1. The summed E-state index contributed by atoms with van der Waals surface area (Å²) in [5.41, 5.74) is 4.68. The van der Waals surface area contributed by atoms with E-state index in [4.69, 9.17) is 17.3 Å². The number of benzene rings is 3. The van der Waals surface area contributed by atoms with Crippen LogP contribution in [0.2, 0.25) is 0 Å². The average Bonchev–Trinajstić information content (AvgIpc) is 2.72. The molecule has 0 heterocycles. The van der Waals surface area contributed by atoms with Crippen LogP contribution in [-0.4, -0.2) is 51.3 Å². The van der Waals surface area contributed by atoms with Crippen LogP contribution in [0.15, 0.2) is 63.2 Å². The number of phenolic OH excluding ortho intramolecular Hbond substituents is 1. The Labute approximate surface area is 199 Å². The lowest BCUT2D eigenvalue weighted by atomic mass is 10.0. The van der Waals surface area contributed by atoms with Gasteiger partial charge in [0.05, 0.1) is 14.7 Å². The van der Waals surface area contributed by atoms with Crippen molar-refractivity contribution in [2.45, 2.75) is 19.9 Å². The van der Waals surface area contributed by atoms with E-state index in [1.54, 1.807) is 0 Å². The highest BCUT2D eigenvalue weighted by Gasteiger charge is 2.33. The van der Waals surface area contributed by atoms with E-state index in [1.807, 2.05) is 0 Å². The van der Waals surface area contributed by atoms with Crippen LogP contribution >= 0.6 is 11.6 Å². The topological polar surface area (TPSA) is 206 Å². The summed E-state index contributed by atoms with van der Waals surface area (Å²) in [5, 5.41) is 8.15. The minimum Gasteiger partial charge on any atom is -0.507 e. The van der Waals surface area contributed by atoms with E-state index in [2.05, 4.69) is 0 Å². The molecule has 0 aromatic heterocycles. The number of hydrogen-bond donors (Lipinski definition) is 4. The first-order valence-electron chi connectivity index (χ1n) is 9.02. The second-order valence-electron chi connectivity index (χ2n) is 7.08. The summed E-state index contributed by atoms with van der Waals surface area (Å²) in [6.07, 6.45) is 0. The Morgan fingerprint density at radius 1 is 0.882 bits per heavy atom. The van der Waals surface area contributed by atoms with Crippen molar-refractivity contribution in [2.24, 2.45) is 5.73 Å². The Hall–Kier alpha value is -2.75. The van der Waals surface area contributed by atoms with Crippen LogP contribution in [0.1, 0.15) is 21.2 Å². The van der Waals surface area contributed by atoms with E-state index >= 15 is 0 Å². The maximum absolute atomic E-state index is 13.4. The Morgan fingerprint density at radius 2 is 1.44 bits per heavy atom. The third kappa shape index (κ3) is 4.87. The largest absolute Gasteiger partial charge is 0.507 e. The van der Waals surface area contributed by atoms with Gasteiger partial charge in [-0.25, -0.2) is 8.42 Å². The molecule has 1 unspecified atom stereocenters. The molecular weight excluding hydrogens is 534 g/mol. The molecule has 0 spiro atoms. The van der Waals surface area contributed by atoms with E-state index in [0.29, 0.717) is 6.07 Å². The first kappa shape index (κ1) is 25.9. The average molecular weight is 550 g/mol. The van der Waals surface area contributed by atoms with Crippen molar-refractivity contribution < 1.29 is 44.3 Å². The van der Waals surface area contributed by atoms with E-state index in [1.165, 1.54) is 12.1 Å². The van der Waals surface area contributed by atoms with Gasteiger partial charge < -0.3 is 10.8 Å². The number of halogens is 1. The quantitative estimate of drug-likeness (QED) is 0.248. The molecule has 182 valence electrons. The van der Waals surface area contributed by atoms with E-state index in [-0.39, 0.29) is 21.9 Å². The summed E-state index contributed by atoms with van der Waals surface area (Å²) in [6, 6.07) is 7.64. The number of nitrogens with two attached hydrogens (primary N) is 1. The molecule has 11 nitrogen and oxygen atoms in total. The number of alkyl halides is 1. The number of carbonyl (C=O) groups excluding carboxylic acids is 1. The van der Waals surface area contributed by atoms with Crippen molar-refractivity contribution in [2.75, 3.05) is 5.88 Å². The Kier molecular flexibility index (Phi) is 6.69. The summed E-state index contributed by atoms with van der Waals surface area (Å²) < 4.78 is 92.4. The molecule has 0 saturated heterocycles. The molecule has 15 heteroatoms. The fourth-order valence-electron chi connectivity index (χ4n) is 3.35. The highest BCUT2D eigenvalue weighted by molar-refractivity contribution is 7.91. The summed E-state index contributed by atoms with van der Waals surface area (Å²) >= 11 is 5.96. The van der Waals surface area contributed by atoms with Gasteiger partial charge in [0.2, 0.25) is 5.91 Å². The van der Waals surface area contributed by atoms with Crippen LogP contribution < -0.4 is 5.73 Å². The monoisotopic (exact) mass is 549 g/mol. The minimum absolute atomic E-state index is 0.133. The molecule has 0 aliphatic carbocycles. The molecule has 0 radical (unpaired) electrons. The van der Waals surface area contributed by atoms with Crippen molar-refractivity contribution in [1.29, 1.82) is 0 Å². The maximum Gasteiger partial charge on any atom is 0.294 e. The van der Waals surface area contributed by atoms with Gasteiger partial charge in [-0.2, -0.15) is 16.8 Å². The van der Waals surface area contributed by atoms with Crippen molar-refractivity contribution in [3.05, 3.63) is 59.7 Å². The molecule has 3 aromatic carbocycles. The molecule has 0 fully saturated rings. The second-order valence-corrected chi connectivity index (χ2v) is 12.4. The van der Waals surface area contributed by atoms with Gasteiger partial charge >= 0.3 is 0 Å². The van der Waals surface area contributed by atoms with Crippen molar-refractivity contribution in [3.63, 3.8) is 0 Å².